The van der Waals surface area contributed by atoms with E-state index < -0.39 is 0 Å². The van der Waals surface area contributed by atoms with Crippen LogP contribution in [-0.2, 0) is 9.53 Å². The maximum atomic E-state index is 11.8. The molecule has 0 aliphatic carbocycles. The first-order valence-corrected chi connectivity index (χ1v) is 8.56. The summed E-state index contributed by atoms with van der Waals surface area (Å²) in [5, 5.41) is 4.62. The van der Waals surface area contributed by atoms with Crippen molar-refractivity contribution < 1.29 is 13.9 Å². The third kappa shape index (κ3) is 5.42. The van der Waals surface area contributed by atoms with E-state index in [0.717, 1.165) is 37.6 Å². The van der Waals surface area contributed by atoms with Gasteiger partial charge in [-0.25, -0.2) is 5.43 Å². The zero-order valence-corrected chi connectivity index (χ0v) is 14.5. The van der Waals surface area contributed by atoms with Crippen molar-refractivity contribution in [3.05, 3.63) is 47.2 Å². The SMILES string of the molecule is O=C(CCN1CCOCC1)N/N=C/c1ccc(-c2ccc(Cl)cc2)o1. The number of hydrogen-bond acceptors (Lipinski definition) is 5. The molecular weight excluding hydrogens is 342 g/mol. The van der Waals surface area contributed by atoms with Crippen molar-refractivity contribution in [3.8, 4) is 11.3 Å². The lowest BCUT2D eigenvalue weighted by Gasteiger charge is -2.25. The molecule has 6 nitrogen and oxygen atoms in total. The fourth-order valence-corrected chi connectivity index (χ4v) is 2.63. The van der Waals surface area contributed by atoms with Gasteiger partial charge in [0, 0.05) is 36.6 Å². The van der Waals surface area contributed by atoms with Gasteiger partial charge in [0.2, 0.25) is 5.91 Å². The van der Waals surface area contributed by atoms with Gasteiger partial charge in [0.1, 0.15) is 11.5 Å². The molecule has 1 N–H and O–H groups in total. The van der Waals surface area contributed by atoms with Crippen LogP contribution in [0.25, 0.3) is 11.3 Å². The van der Waals surface area contributed by atoms with Gasteiger partial charge in [-0.3, -0.25) is 9.69 Å². The van der Waals surface area contributed by atoms with E-state index in [1.54, 1.807) is 6.07 Å². The number of morpholine rings is 1. The van der Waals surface area contributed by atoms with Gasteiger partial charge in [0.15, 0.2) is 0 Å². The summed E-state index contributed by atoms with van der Waals surface area (Å²) in [5.41, 5.74) is 3.45. The van der Waals surface area contributed by atoms with Gasteiger partial charge < -0.3 is 9.15 Å². The molecule has 1 aliphatic rings. The van der Waals surface area contributed by atoms with Crippen molar-refractivity contribution in [2.45, 2.75) is 6.42 Å². The molecule has 0 unspecified atom stereocenters. The van der Waals surface area contributed by atoms with Gasteiger partial charge in [0.25, 0.3) is 0 Å². The normalized spacial score (nSPS) is 15.6. The number of nitrogens with zero attached hydrogens (tertiary/aromatic N) is 2. The Morgan fingerprint density at radius 3 is 2.72 bits per heavy atom. The summed E-state index contributed by atoms with van der Waals surface area (Å²) in [6, 6.07) is 11.0. The van der Waals surface area contributed by atoms with Crippen LogP contribution in [0.4, 0.5) is 0 Å². The number of rotatable bonds is 6. The van der Waals surface area contributed by atoms with E-state index in [2.05, 4.69) is 15.4 Å². The van der Waals surface area contributed by atoms with Crippen LogP contribution in [0.15, 0.2) is 45.9 Å². The fourth-order valence-electron chi connectivity index (χ4n) is 2.50. The largest absolute Gasteiger partial charge is 0.455 e. The van der Waals surface area contributed by atoms with Crippen molar-refractivity contribution in [2.24, 2.45) is 5.10 Å². The van der Waals surface area contributed by atoms with E-state index in [0.29, 0.717) is 23.7 Å². The molecule has 25 heavy (non-hydrogen) atoms. The standard InChI is InChI=1S/C18H20ClN3O3/c19-15-3-1-14(2-4-15)17-6-5-16(25-17)13-20-21-18(23)7-8-22-9-11-24-12-10-22/h1-6,13H,7-12H2,(H,21,23)/b20-13+. The Kier molecular flexibility index (Phi) is 6.22. The number of nitrogens with one attached hydrogen (secondary N) is 1. The summed E-state index contributed by atoms with van der Waals surface area (Å²) < 4.78 is 11.0. The van der Waals surface area contributed by atoms with E-state index >= 15 is 0 Å². The number of halogens is 1. The minimum Gasteiger partial charge on any atom is -0.455 e. The molecule has 0 bridgehead atoms. The summed E-state index contributed by atoms with van der Waals surface area (Å²) in [4.78, 5) is 14.0. The topological polar surface area (TPSA) is 67.1 Å². The maximum Gasteiger partial charge on any atom is 0.241 e. The van der Waals surface area contributed by atoms with Crippen LogP contribution >= 0.6 is 11.6 Å². The molecule has 0 spiro atoms. The van der Waals surface area contributed by atoms with Crippen molar-refractivity contribution >= 4 is 23.7 Å². The number of amides is 1. The summed E-state index contributed by atoms with van der Waals surface area (Å²) in [6.07, 6.45) is 1.90. The lowest BCUT2D eigenvalue weighted by Crippen LogP contribution is -2.38. The fraction of sp³-hybridized carbons (Fsp3) is 0.333. The van der Waals surface area contributed by atoms with Crippen LogP contribution in [0.3, 0.4) is 0 Å². The van der Waals surface area contributed by atoms with Crippen molar-refractivity contribution in [2.75, 3.05) is 32.8 Å². The number of ether oxygens (including phenoxy) is 1. The van der Waals surface area contributed by atoms with Gasteiger partial charge in [-0.2, -0.15) is 5.10 Å². The number of carbonyl (C=O) groups is 1. The molecule has 1 fully saturated rings. The minimum atomic E-state index is -0.118. The highest BCUT2D eigenvalue weighted by Crippen LogP contribution is 2.23. The third-order valence-corrected chi connectivity index (χ3v) is 4.15. The molecule has 1 aliphatic heterocycles. The molecule has 3 rings (SSSR count). The first kappa shape index (κ1) is 17.7. The predicted molar refractivity (Wildman–Crippen MR) is 96.8 cm³/mol. The van der Waals surface area contributed by atoms with Gasteiger partial charge in [-0.15, -0.1) is 0 Å². The van der Waals surface area contributed by atoms with Crippen LogP contribution < -0.4 is 5.43 Å². The van der Waals surface area contributed by atoms with E-state index in [1.807, 2.05) is 30.3 Å². The van der Waals surface area contributed by atoms with Gasteiger partial charge in [-0.1, -0.05) is 11.6 Å². The number of furan rings is 1. The van der Waals surface area contributed by atoms with Crippen LogP contribution in [0, 0.1) is 0 Å². The molecule has 0 atom stereocenters. The highest BCUT2D eigenvalue weighted by atomic mass is 35.5. The first-order chi connectivity index (χ1) is 12.2. The zero-order valence-electron chi connectivity index (χ0n) is 13.8. The first-order valence-electron chi connectivity index (χ1n) is 8.18. The Morgan fingerprint density at radius 2 is 1.96 bits per heavy atom. The Bertz CT molecular complexity index is 721. The number of hydrazone groups is 1. The lowest BCUT2D eigenvalue weighted by atomic mass is 10.2. The molecule has 1 amide bonds. The molecule has 1 aromatic heterocycles. The Labute approximate surface area is 151 Å². The lowest BCUT2D eigenvalue weighted by molar-refractivity contribution is -0.121. The molecule has 132 valence electrons. The monoisotopic (exact) mass is 361 g/mol. The Hall–Kier alpha value is -2.15. The van der Waals surface area contributed by atoms with Crippen molar-refractivity contribution in [1.29, 1.82) is 0 Å². The molecule has 2 heterocycles. The third-order valence-electron chi connectivity index (χ3n) is 3.90. The Balaban J connectivity index is 1.45. The second-order valence-electron chi connectivity index (χ2n) is 5.71. The van der Waals surface area contributed by atoms with E-state index in [1.165, 1.54) is 6.21 Å². The zero-order chi connectivity index (χ0) is 17.5. The number of hydrogen-bond donors (Lipinski definition) is 1. The second-order valence-corrected chi connectivity index (χ2v) is 6.14. The van der Waals surface area contributed by atoms with Crippen LogP contribution in [0.1, 0.15) is 12.2 Å². The summed E-state index contributed by atoms with van der Waals surface area (Å²) >= 11 is 5.88. The second kappa shape index (κ2) is 8.80. The van der Waals surface area contributed by atoms with Crippen molar-refractivity contribution in [3.63, 3.8) is 0 Å². The average molecular weight is 362 g/mol. The Morgan fingerprint density at radius 1 is 1.20 bits per heavy atom. The predicted octanol–water partition coefficient (Wildman–Crippen LogP) is 2.77. The smallest absolute Gasteiger partial charge is 0.241 e. The van der Waals surface area contributed by atoms with Gasteiger partial charge >= 0.3 is 0 Å². The quantitative estimate of drug-likeness (QED) is 0.634. The average Bonchev–Trinajstić information content (AvgIpc) is 3.10. The van der Waals surface area contributed by atoms with Gasteiger partial charge in [0.05, 0.1) is 19.4 Å². The van der Waals surface area contributed by atoms with Crippen LogP contribution in [0.2, 0.25) is 5.02 Å². The molecule has 7 heteroatoms. The van der Waals surface area contributed by atoms with Gasteiger partial charge in [-0.05, 0) is 36.4 Å². The molecule has 2 aromatic rings. The van der Waals surface area contributed by atoms with E-state index in [-0.39, 0.29) is 5.91 Å². The van der Waals surface area contributed by atoms with E-state index in [9.17, 15) is 4.79 Å². The highest BCUT2D eigenvalue weighted by Gasteiger charge is 2.11. The molecule has 0 radical (unpaired) electrons. The van der Waals surface area contributed by atoms with Crippen molar-refractivity contribution in [1.82, 2.24) is 10.3 Å². The summed E-state index contributed by atoms with van der Waals surface area (Å²) in [6.45, 7) is 3.92. The molecular formula is C18H20ClN3O3. The molecule has 0 saturated carbocycles. The number of benzene rings is 1. The maximum absolute atomic E-state index is 11.8. The summed E-state index contributed by atoms with van der Waals surface area (Å²) in [7, 11) is 0. The highest BCUT2D eigenvalue weighted by molar-refractivity contribution is 6.30. The number of carbonyl (C=O) groups excluding carboxylic acids is 1. The molecule has 1 aromatic carbocycles. The summed E-state index contributed by atoms with van der Waals surface area (Å²) in [5.74, 6) is 1.17. The minimum absolute atomic E-state index is 0.118. The van der Waals surface area contributed by atoms with Crippen LogP contribution in [-0.4, -0.2) is 49.9 Å². The van der Waals surface area contributed by atoms with Crippen LogP contribution in [0.5, 0.6) is 0 Å². The van der Waals surface area contributed by atoms with E-state index in [4.69, 9.17) is 20.8 Å². The molecule has 1 saturated heterocycles.